The molecule has 100 valence electrons. The molecule has 0 radical (unpaired) electrons. The van der Waals surface area contributed by atoms with Gasteiger partial charge in [0, 0.05) is 12.2 Å². The van der Waals surface area contributed by atoms with Crippen LogP contribution in [0.25, 0.3) is 0 Å². The van der Waals surface area contributed by atoms with Crippen LogP contribution in [-0.4, -0.2) is 36.2 Å². The van der Waals surface area contributed by atoms with Crippen molar-refractivity contribution in [2.45, 2.75) is 25.6 Å². The van der Waals surface area contributed by atoms with E-state index in [9.17, 15) is 9.18 Å². The molecular formula is C11H14BrClFN3O. The van der Waals surface area contributed by atoms with E-state index < -0.39 is 12.2 Å². The maximum absolute atomic E-state index is 13.6. The number of aromatic amines is 1. The van der Waals surface area contributed by atoms with Gasteiger partial charge >= 0.3 is 0 Å². The fourth-order valence-electron chi connectivity index (χ4n) is 1.95. The Hall–Kier alpha value is -0.590. The Morgan fingerprint density at radius 2 is 2.33 bits per heavy atom. The minimum Gasteiger partial charge on any atom is -0.352 e. The lowest BCUT2D eigenvalue weighted by molar-refractivity contribution is 0.0887. The molecule has 18 heavy (non-hydrogen) atoms. The van der Waals surface area contributed by atoms with Gasteiger partial charge in [-0.15, -0.1) is 0 Å². The average molecular weight is 339 g/mol. The van der Waals surface area contributed by atoms with E-state index in [0.29, 0.717) is 33.8 Å². The van der Waals surface area contributed by atoms with Gasteiger partial charge in [-0.1, -0.05) is 11.6 Å². The van der Waals surface area contributed by atoms with Crippen molar-refractivity contribution in [2.24, 2.45) is 0 Å². The monoisotopic (exact) mass is 337 g/mol. The molecule has 1 aliphatic heterocycles. The van der Waals surface area contributed by atoms with Gasteiger partial charge in [-0.05, 0) is 35.8 Å². The van der Waals surface area contributed by atoms with E-state index in [0.717, 1.165) is 0 Å². The largest absolute Gasteiger partial charge is 0.352 e. The molecule has 0 saturated carbocycles. The molecule has 2 rings (SSSR count). The molecular weight excluding hydrogens is 324 g/mol. The minimum atomic E-state index is -1.06. The summed E-state index contributed by atoms with van der Waals surface area (Å²) >= 11 is 9.22. The molecule has 2 heterocycles. The van der Waals surface area contributed by atoms with Crippen LogP contribution in [0, 0.1) is 6.92 Å². The van der Waals surface area contributed by atoms with Crippen molar-refractivity contribution in [3.05, 3.63) is 20.9 Å². The molecule has 1 saturated heterocycles. The third kappa shape index (κ3) is 2.70. The summed E-state index contributed by atoms with van der Waals surface area (Å²) in [6.07, 6.45) is -0.481. The number of carbonyl (C=O) groups excluding carboxylic acids is 1. The van der Waals surface area contributed by atoms with E-state index in [-0.39, 0.29) is 12.5 Å². The van der Waals surface area contributed by atoms with Gasteiger partial charge in [-0.2, -0.15) is 0 Å². The van der Waals surface area contributed by atoms with Crippen LogP contribution in [0.1, 0.15) is 22.6 Å². The lowest BCUT2D eigenvalue weighted by Gasteiger charge is -2.27. The highest BCUT2D eigenvalue weighted by Gasteiger charge is 2.27. The van der Waals surface area contributed by atoms with E-state index >= 15 is 0 Å². The Balaban J connectivity index is 2.09. The zero-order chi connectivity index (χ0) is 13.3. The van der Waals surface area contributed by atoms with Crippen molar-refractivity contribution < 1.29 is 9.18 Å². The zero-order valence-electron chi connectivity index (χ0n) is 9.82. The zero-order valence-corrected chi connectivity index (χ0v) is 12.2. The summed E-state index contributed by atoms with van der Waals surface area (Å²) in [5.74, 6) is -0.341. The summed E-state index contributed by atoms with van der Waals surface area (Å²) in [6, 6.07) is -0.451. The van der Waals surface area contributed by atoms with Crippen LogP contribution in [-0.2, 0) is 0 Å². The summed E-state index contributed by atoms with van der Waals surface area (Å²) in [6.45, 7) is 2.75. The van der Waals surface area contributed by atoms with E-state index in [4.69, 9.17) is 11.6 Å². The molecule has 0 aromatic carbocycles. The number of halogens is 3. The molecule has 0 aliphatic carbocycles. The Morgan fingerprint density at radius 3 is 2.89 bits per heavy atom. The molecule has 1 amide bonds. The third-order valence-corrected chi connectivity index (χ3v) is 4.50. The van der Waals surface area contributed by atoms with E-state index in [1.807, 2.05) is 0 Å². The van der Waals surface area contributed by atoms with Gasteiger partial charge < -0.3 is 15.6 Å². The van der Waals surface area contributed by atoms with E-state index in [2.05, 4.69) is 31.5 Å². The predicted octanol–water partition coefficient (Wildman–Crippen LogP) is 2.17. The quantitative estimate of drug-likeness (QED) is 0.774. The molecule has 2 atom stereocenters. The Kier molecular flexibility index (Phi) is 4.29. The second kappa shape index (κ2) is 5.59. The van der Waals surface area contributed by atoms with Crippen LogP contribution in [0.15, 0.2) is 4.47 Å². The summed E-state index contributed by atoms with van der Waals surface area (Å²) in [5, 5.41) is 6.10. The van der Waals surface area contributed by atoms with Crippen LogP contribution in [0.2, 0.25) is 5.02 Å². The van der Waals surface area contributed by atoms with Crippen molar-refractivity contribution in [1.82, 2.24) is 15.6 Å². The van der Waals surface area contributed by atoms with Gasteiger partial charge in [0.2, 0.25) is 0 Å². The maximum Gasteiger partial charge on any atom is 0.269 e. The van der Waals surface area contributed by atoms with Crippen LogP contribution < -0.4 is 10.6 Å². The number of hydrogen-bond donors (Lipinski definition) is 3. The van der Waals surface area contributed by atoms with Gasteiger partial charge in [-0.25, -0.2) is 4.39 Å². The maximum atomic E-state index is 13.6. The highest BCUT2D eigenvalue weighted by Crippen LogP contribution is 2.29. The fraction of sp³-hybridized carbons (Fsp3) is 0.545. The number of nitrogens with one attached hydrogen (secondary N) is 3. The van der Waals surface area contributed by atoms with E-state index in [1.54, 1.807) is 6.92 Å². The fourth-order valence-corrected chi connectivity index (χ4v) is 2.67. The average Bonchev–Trinajstić information content (AvgIpc) is 2.60. The lowest BCUT2D eigenvalue weighted by atomic mass is 10.0. The summed E-state index contributed by atoms with van der Waals surface area (Å²) < 4.78 is 14.1. The third-order valence-electron chi connectivity index (χ3n) is 3.01. The Bertz CT molecular complexity index is 465. The Morgan fingerprint density at radius 1 is 1.61 bits per heavy atom. The predicted molar refractivity (Wildman–Crippen MR) is 71.9 cm³/mol. The van der Waals surface area contributed by atoms with E-state index in [1.165, 1.54) is 0 Å². The molecule has 3 N–H and O–H groups in total. The SMILES string of the molecule is Cc1[nH]c(C(=O)N[C@@H]2CCNC[C@@H]2F)c(Br)c1Cl. The van der Waals surface area contributed by atoms with Gasteiger partial charge in [0.25, 0.3) is 5.91 Å². The number of piperidine rings is 1. The lowest BCUT2D eigenvalue weighted by Crippen LogP contribution is -2.50. The highest BCUT2D eigenvalue weighted by atomic mass is 79.9. The molecule has 0 spiro atoms. The minimum absolute atomic E-state index is 0.274. The van der Waals surface area contributed by atoms with Crippen molar-refractivity contribution in [3.8, 4) is 0 Å². The first-order valence-electron chi connectivity index (χ1n) is 5.70. The van der Waals surface area contributed by atoms with Crippen LogP contribution >= 0.6 is 27.5 Å². The Labute approximate surface area is 118 Å². The standard InChI is InChI=1S/C11H14BrClFN3O/c1-5-9(13)8(12)10(16-5)11(18)17-7-2-3-15-4-6(7)14/h6-7,15-16H,2-4H2,1H3,(H,17,18)/t6-,7+/m0/s1. The molecule has 1 aromatic heterocycles. The normalized spacial score (nSPS) is 24.0. The molecule has 0 unspecified atom stereocenters. The number of aromatic nitrogens is 1. The second-order valence-corrected chi connectivity index (χ2v) is 5.51. The van der Waals surface area contributed by atoms with Crippen LogP contribution in [0.4, 0.5) is 4.39 Å². The van der Waals surface area contributed by atoms with Crippen molar-refractivity contribution in [1.29, 1.82) is 0 Å². The van der Waals surface area contributed by atoms with Gasteiger partial charge in [-0.3, -0.25) is 4.79 Å². The summed E-state index contributed by atoms with van der Waals surface area (Å²) in [5.41, 5.74) is 1.04. The molecule has 1 fully saturated rings. The van der Waals surface area contributed by atoms with Gasteiger partial charge in [0.1, 0.15) is 11.9 Å². The molecule has 1 aromatic rings. The number of alkyl halides is 1. The first kappa shape index (κ1) is 13.8. The highest BCUT2D eigenvalue weighted by molar-refractivity contribution is 9.10. The molecule has 0 bridgehead atoms. The molecule has 4 nitrogen and oxygen atoms in total. The topological polar surface area (TPSA) is 56.9 Å². The van der Waals surface area contributed by atoms with Gasteiger partial charge in [0.05, 0.1) is 15.5 Å². The number of amides is 1. The number of H-pyrrole nitrogens is 1. The number of aryl methyl sites for hydroxylation is 1. The summed E-state index contributed by atoms with van der Waals surface area (Å²) in [4.78, 5) is 14.9. The second-order valence-electron chi connectivity index (χ2n) is 4.34. The summed E-state index contributed by atoms with van der Waals surface area (Å²) in [7, 11) is 0. The van der Waals surface area contributed by atoms with Crippen molar-refractivity contribution in [3.63, 3.8) is 0 Å². The number of carbonyl (C=O) groups is 1. The van der Waals surface area contributed by atoms with Crippen molar-refractivity contribution in [2.75, 3.05) is 13.1 Å². The van der Waals surface area contributed by atoms with Gasteiger partial charge in [0.15, 0.2) is 0 Å². The first-order valence-corrected chi connectivity index (χ1v) is 6.87. The van der Waals surface area contributed by atoms with Crippen LogP contribution in [0.5, 0.6) is 0 Å². The first-order chi connectivity index (χ1) is 8.50. The smallest absolute Gasteiger partial charge is 0.269 e. The number of hydrogen-bond acceptors (Lipinski definition) is 2. The number of rotatable bonds is 2. The molecule has 7 heteroatoms. The van der Waals surface area contributed by atoms with Crippen molar-refractivity contribution >= 4 is 33.4 Å². The van der Waals surface area contributed by atoms with Crippen LogP contribution in [0.3, 0.4) is 0 Å². The molecule has 1 aliphatic rings.